The summed E-state index contributed by atoms with van der Waals surface area (Å²) in [5.74, 6) is 0.249. The summed E-state index contributed by atoms with van der Waals surface area (Å²) in [6.45, 7) is 1.92. The number of hydrogen-bond acceptors (Lipinski definition) is 3. The Balaban J connectivity index is 2.03. The first kappa shape index (κ1) is 13.9. The highest BCUT2D eigenvalue weighted by Gasteiger charge is 2.30. The lowest BCUT2D eigenvalue weighted by molar-refractivity contribution is -0.137. The fraction of sp³-hybridized carbons (Fsp3) is 0.308. The van der Waals surface area contributed by atoms with E-state index in [2.05, 4.69) is 10.3 Å². The van der Waals surface area contributed by atoms with Gasteiger partial charge in [-0.1, -0.05) is 6.07 Å². The topological polar surface area (TPSA) is 24.9 Å². The Morgan fingerprint density at radius 1 is 1.37 bits per heavy atom. The Labute approximate surface area is 113 Å². The molecule has 2 heterocycles. The number of alkyl halides is 3. The third kappa shape index (κ3) is 3.96. The van der Waals surface area contributed by atoms with Gasteiger partial charge in [-0.05, 0) is 30.5 Å². The predicted molar refractivity (Wildman–Crippen MR) is 70.3 cm³/mol. The lowest BCUT2D eigenvalue weighted by Gasteiger charge is -2.15. The molecule has 0 amide bonds. The van der Waals surface area contributed by atoms with Gasteiger partial charge in [0.15, 0.2) is 0 Å². The Kier molecular flexibility index (Phi) is 4.09. The Bertz CT molecular complexity index is 523. The molecule has 2 aromatic rings. The van der Waals surface area contributed by atoms with Gasteiger partial charge in [-0.3, -0.25) is 0 Å². The fourth-order valence-electron chi connectivity index (χ4n) is 1.72. The zero-order chi connectivity index (χ0) is 13.9. The van der Waals surface area contributed by atoms with Crippen molar-refractivity contribution in [1.29, 1.82) is 0 Å². The molecule has 1 unspecified atom stereocenters. The summed E-state index contributed by atoms with van der Waals surface area (Å²) in [4.78, 5) is 5.10. The molecule has 2 aromatic heterocycles. The summed E-state index contributed by atoms with van der Waals surface area (Å²) in [6.07, 6.45) is -2.41. The molecule has 102 valence electrons. The number of aromatic nitrogens is 1. The van der Waals surface area contributed by atoms with Crippen LogP contribution in [-0.2, 0) is 12.6 Å². The first-order valence-electron chi connectivity index (χ1n) is 5.77. The van der Waals surface area contributed by atoms with Crippen LogP contribution < -0.4 is 5.32 Å². The zero-order valence-corrected chi connectivity index (χ0v) is 11.1. The van der Waals surface area contributed by atoms with E-state index in [4.69, 9.17) is 0 Å². The molecule has 0 aliphatic heterocycles. The van der Waals surface area contributed by atoms with Crippen molar-refractivity contribution >= 4 is 17.2 Å². The van der Waals surface area contributed by atoms with Crippen molar-refractivity contribution in [3.05, 3.63) is 46.3 Å². The first-order chi connectivity index (χ1) is 8.95. The summed E-state index contributed by atoms with van der Waals surface area (Å²) in [5, 5.41) is 4.96. The molecule has 19 heavy (non-hydrogen) atoms. The van der Waals surface area contributed by atoms with E-state index in [1.165, 1.54) is 11.1 Å². The molecule has 0 bridgehead atoms. The van der Waals surface area contributed by atoms with Gasteiger partial charge in [-0.25, -0.2) is 4.98 Å². The second kappa shape index (κ2) is 5.61. The highest BCUT2D eigenvalue weighted by atomic mass is 32.1. The minimum atomic E-state index is -4.34. The molecule has 0 saturated carbocycles. The van der Waals surface area contributed by atoms with E-state index in [1.807, 2.05) is 24.4 Å². The number of anilines is 1. The molecule has 0 radical (unpaired) electrons. The molecule has 0 fully saturated rings. The number of halogens is 3. The average molecular weight is 286 g/mol. The first-order valence-corrected chi connectivity index (χ1v) is 6.65. The smallest absolute Gasteiger partial charge is 0.367 e. The van der Waals surface area contributed by atoms with Crippen LogP contribution >= 0.6 is 11.3 Å². The van der Waals surface area contributed by atoms with Gasteiger partial charge < -0.3 is 5.32 Å². The number of hydrogen-bond donors (Lipinski definition) is 1. The molecule has 0 aromatic carbocycles. The van der Waals surface area contributed by atoms with Crippen molar-refractivity contribution in [3.8, 4) is 0 Å². The summed E-state index contributed by atoms with van der Waals surface area (Å²) >= 11 is 1.63. The van der Waals surface area contributed by atoms with E-state index >= 15 is 0 Å². The van der Waals surface area contributed by atoms with Crippen LogP contribution in [0.25, 0.3) is 0 Å². The van der Waals surface area contributed by atoms with Crippen molar-refractivity contribution in [1.82, 2.24) is 4.98 Å². The van der Waals surface area contributed by atoms with Crippen molar-refractivity contribution < 1.29 is 13.2 Å². The monoisotopic (exact) mass is 286 g/mol. The number of nitrogens with zero attached hydrogens (tertiary/aromatic N) is 1. The summed E-state index contributed by atoms with van der Waals surface area (Å²) in [6, 6.07) is 5.98. The van der Waals surface area contributed by atoms with Crippen LogP contribution in [0.1, 0.15) is 17.4 Å². The van der Waals surface area contributed by atoms with Crippen molar-refractivity contribution in [2.24, 2.45) is 0 Å². The van der Waals surface area contributed by atoms with Crippen LogP contribution in [0.15, 0.2) is 35.8 Å². The molecule has 1 atom stereocenters. The minimum Gasteiger partial charge on any atom is -0.367 e. The van der Waals surface area contributed by atoms with Crippen molar-refractivity contribution in [2.45, 2.75) is 25.6 Å². The van der Waals surface area contributed by atoms with Gasteiger partial charge in [0, 0.05) is 23.5 Å². The minimum absolute atomic E-state index is 0.0228. The molecule has 0 aliphatic rings. The molecule has 6 heteroatoms. The van der Waals surface area contributed by atoms with Crippen LogP contribution in [0.3, 0.4) is 0 Å². The van der Waals surface area contributed by atoms with Gasteiger partial charge in [0.25, 0.3) is 0 Å². The largest absolute Gasteiger partial charge is 0.416 e. The lowest BCUT2D eigenvalue weighted by atomic mass is 10.2. The molecular weight excluding hydrogens is 273 g/mol. The highest BCUT2D eigenvalue weighted by molar-refractivity contribution is 7.09. The quantitative estimate of drug-likeness (QED) is 0.911. The molecule has 0 spiro atoms. The standard InChI is InChI=1S/C13H13F3N2S/c1-9(7-11-3-2-6-19-11)18-12-8-10(4-5-17-12)13(14,15)16/h2-6,8-9H,7H2,1H3,(H,17,18). The number of pyridine rings is 1. The number of nitrogens with one attached hydrogen (secondary N) is 1. The van der Waals surface area contributed by atoms with E-state index in [9.17, 15) is 13.2 Å². The molecule has 2 nitrogen and oxygen atoms in total. The van der Waals surface area contributed by atoms with Crippen molar-refractivity contribution in [2.75, 3.05) is 5.32 Å². The Morgan fingerprint density at radius 2 is 2.16 bits per heavy atom. The van der Waals surface area contributed by atoms with Gasteiger partial charge >= 0.3 is 6.18 Å². The van der Waals surface area contributed by atoms with E-state index in [1.54, 1.807) is 11.3 Å². The van der Waals surface area contributed by atoms with E-state index in [-0.39, 0.29) is 11.9 Å². The third-order valence-corrected chi connectivity index (χ3v) is 3.47. The second-order valence-electron chi connectivity index (χ2n) is 4.26. The zero-order valence-electron chi connectivity index (χ0n) is 10.2. The van der Waals surface area contributed by atoms with Crippen LogP contribution in [0.4, 0.5) is 19.0 Å². The molecule has 2 rings (SSSR count). The van der Waals surface area contributed by atoms with Crippen LogP contribution in [0, 0.1) is 0 Å². The van der Waals surface area contributed by atoms with E-state index in [0.717, 1.165) is 18.6 Å². The second-order valence-corrected chi connectivity index (χ2v) is 5.29. The van der Waals surface area contributed by atoms with Gasteiger partial charge in [0.2, 0.25) is 0 Å². The van der Waals surface area contributed by atoms with E-state index < -0.39 is 11.7 Å². The number of thiophene rings is 1. The van der Waals surface area contributed by atoms with Gasteiger partial charge in [0.1, 0.15) is 5.82 Å². The summed E-state index contributed by atoms with van der Waals surface area (Å²) in [5.41, 5.74) is -0.687. The number of rotatable bonds is 4. The molecule has 0 saturated heterocycles. The third-order valence-electron chi connectivity index (χ3n) is 2.57. The summed E-state index contributed by atoms with van der Waals surface area (Å²) in [7, 11) is 0. The van der Waals surface area contributed by atoms with Crippen LogP contribution in [-0.4, -0.2) is 11.0 Å². The SMILES string of the molecule is CC(Cc1cccs1)Nc1cc(C(F)(F)F)ccn1. The highest BCUT2D eigenvalue weighted by Crippen LogP contribution is 2.30. The average Bonchev–Trinajstić information content (AvgIpc) is 2.80. The van der Waals surface area contributed by atoms with E-state index in [0.29, 0.717) is 0 Å². The maximum Gasteiger partial charge on any atom is 0.416 e. The van der Waals surface area contributed by atoms with Crippen LogP contribution in [0.5, 0.6) is 0 Å². The van der Waals surface area contributed by atoms with Gasteiger partial charge in [-0.15, -0.1) is 11.3 Å². The fourth-order valence-corrected chi connectivity index (χ4v) is 2.56. The van der Waals surface area contributed by atoms with Gasteiger partial charge in [-0.2, -0.15) is 13.2 Å². The Morgan fingerprint density at radius 3 is 2.79 bits per heavy atom. The molecule has 1 N–H and O–H groups in total. The maximum atomic E-state index is 12.6. The Hall–Kier alpha value is -1.56. The predicted octanol–water partition coefficient (Wildman–Crippen LogP) is 4.21. The summed E-state index contributed by atoms with van der Waals surface area (Å²) < 4.78 is 37.7. The normalized spacial score (nSPS) is 13.3. The molecule has 0 aliphatic carbocycles. The lowest BCUT2D eigenvalue weighted by Crippen LogP contribution is -2.19. The van der Waals surface area contributed by atoms with Crippen molar-refractivity contribution in [3.63, 3.8) is 0 Å². The van der Waals surface area contributed by atoms with Gasteiger partial charge in [0.05, 0.1) is 5.56 Å². The van der Waals surface area contributed by atoms with Crippen LogP contribution in [0.2, 0.25) is 0 Å². The maximum absolute atomic E-state index is 12.6. The molecular formula is C13H13F3N2S.